The first-order chi connectivity index (χ1) is 9.72. The van der Waals surface area contributed by atoms with E-state index in [2.05, 4.69) is 12.2 Å². The molecule has 2 rings (SSSR count). The molecule has 0 heterocycles. The highest BCUT2D eigenvalue weighted by Crippen LogP contribution is 2.24. The lowest BCUT2D eigenvalue weighted by Gasteiger charge is -2.08. The van der Waals surface area contributed by atoms with E-state index in [-0.39, 0.29) is 11.7 Å². The smallest absolute Gasteiger partial charge is 0.255 e. The fourth-order valence-corrected chi connectivity index (χ4v) is 2.26. The number of nitrogens with one attached hydrogen (secondary N) is 1. The first kappa shape index (κ1) is 14.4. The third-order valence-corrected chi connectivity index (χ3v) is 3.42. The normalized spacial score (nSPS) is 10.7. The average molecular weight is 271 g/mol. The van der Waals surface area contributed by atoms with Crippen molar-refractivity contribution in [3.05, 3.63) is 42.0 Å². The number of phenolic OH excluding ortho intramolecular Hbond substituents is 1. The number of fused-ring (bicyclic) bond motifs is 1. The summed E-state index contributed by atoms with van der Waals surface area (Å²) in [5.41, 5.74) is 0.346. The first-order valence-electron chi connectivity index (χ1n) is 7.22. The molecule has 0 atom stereocenters. The largest absolute Gasteiger partial charge is 0.507 e. The van der Waals surface area contributed by atoms with Crippen LogP contribution in [0.25, 0.3) is 10.8 Å². The summed E-state index contributed by atoms with van der Waals surface area (Å²) in [7, 11) is 0. The van der Waals surface area contributed by atoms with Crippen molar-refractivity contribution in [1.29, 1.82) is 0 Å². The summed E-state index contributed by atoms with van der Waals surface area (Å²) in [6.45, 7) is 2.82. The topological polar surface area (TPSA) is 49.3 Å². The van der Waals surface area contributed by atoms with Gasteiger partial charge < -0.3 is 10.4 Å². The number of carbonyl (C=O) groups excluding carboxylic acids is 1. The Hall–Kier alpha value is -2.03. The molecule has 0 bridgehead atoms. The van der Waals surface area contributed by atoms with Gasteiger partial charge in [-0.15, -0.1) is 0 Å². The van der Waals surface area contributed by atoms with Crippen molar-refractivity contribution in [2.24, 2.45) is 0 Å². The van der Waals surface area contributed by atoms with E-state index >= 15 is 0 Å². The quantitative estimate of drug-likeness (QED) is 0.784. The molecule has 2 aromatic rings. The zero-order chi connectivity index (χ0) is 14.4. The third kappa shape index (κ3) is 3.50. The van der Waals surface area contributed by atoms with Crippen LogP contribution in [-0.2, 0) is 0 Å². The molecule has 0 unspecified atom stereocenters. The maximum absolute atomic E-state index is 12.1. The minimum absolute atomic E-state index is 0.0368. The van der Waals surface area contributed by atoms with Crippen LogP contribution in [0.4, 0.5) is 0 Å². The number of carbonyl (C=O) groups is 1. The second kappa shape index (κ2) is 6.94. The van der Waals surface area contributed by atoms with Gasteiger partial charge in [0.15, 0.2) is 0 Å². The summed E-state index contributed by atoms with van der Waals surface area (Å²) in [5, 5.41) is 14.7. The van der Waals surface area contributed by atoms with E-state index in [1.165, 1.54) is 12.8 Å². The molecule has 3 heteroatoms. The Kier molecular flexibility index (Phi) is 4.99. The molecule has 0 aliphatic carbocycles. The Bertz CT molecular complexity index is 593. The molecule has 2 N–H and O–H groups in total. The van der Waals surface area contributed by atoms with Gasteiger partial charge in [0, 0.05) is 6.54 Å². The van der Waals surface area contributed by atoms with Crippen molar-refractivity contribution in [2.45, 2.75) is 32.6 Å². The van der Waals surface area contributed by atoms with Crippen LogP contribution >= 0.6 is 0 Å². The Labute approximate surface area is 119 Å². The van der Waals surface area contributed by atoms with E-state index in [1.54, 1.807) is 12.1 Å². The fourth-order valence-electron chi connectivity index (χ4n) is 2.26. The van der Waals surface area contributed by atoms with Gasteiger partial charge in [-0.2, -0.15) is 0 Å². The summed E-state index contributed by atoms with van der Waals surface area (Å²) in [6.07, 6.45) is 4.48. The van der Waals surface area contributed by atoms with Crippen LogP contribution in [0.2, 0.25) is 0 Å². The lowest BCUT2D eigenvalue weighted by Crippen LogP contribution is -2.24. The number of hydrogen-bond donors (Lipinski definition) is 2. The molecular weight excluding hydrogens is 250 g/mol. The molecule has 0 aliphatic rings. The maximum Gasteiger partial charge on any atom is 0.255 e. The molecule has 0 aromatic heterocycles. The van der Waals surface area contributed by atoms with E-state index in [0.717, 1.165) is 23.6 Å². The SMILES string of the molecule is CCCCCCNC(=O)c1cc2ccccc2cc1O. The number of rotatable bonds is 6. The molecule has 2 aromatic carbocycles. The molecule has 0 radical (unpaired) electrons. The molecule has 3 nitrogen and oxygen atoms in total. The van der Waals surface area contributed by atoms with Gasteiger partial charge in [0.1, 0.15) is 5.75 Å². The predicted molar refractivity (Wildman–Crippen MR) is 82.1 cm³/mol. The number of aromatic hydroxyl groups is 1. The first-order valence-corrected chi connectivity index (χ1v) is 7.22. The number of amides is 1. The van der Waals surface area contributed by atoms with Crippen molar-refractivity contribution in [3.63, 3.8) is 0 Å². The molecule has 1 amide bonds. The van der Waals surface area contributed by atoms with Crippen LogP contribution in [0.5, 0.6) is 5.75 Å². The van der Waals surface area contributed by atoms with Crippen molar-refractivity contribution in [3.8, 4) is 5.75 Å². The van der Waals surface area contributed by atoms with E-state index in [9.17, 15) is 9.90 Å². The van der Waals surface area contributed by atoms with Crippen LogP contribution < -0.4 is 5.32 Å². The van der Waals surface area contributed by atoms with E-state index in [4.69, 9.17) is 0 Å². The van der Waals surface area contributed by atoms with Gasteiger partial charge in [0.05, 0.1) is 5.56 Å². The van der Waals surface area contributed by atoms with E-state index in [1.807, 2.05) is 24.3 Å². The Morgan fingerprint density at radius 1 is 1.10 bits per heavy atom. The minimum Gasteiger partial charge on any atom is -0.507 e. The number of hydrogen-bond acceptors (Lipinski definition) is 2. The molecule has 0 saturated heterocycles. The number of phenols is 1. The van der Waals surface area contributed by atoms with Crippen molar-refractivity contribution >= 4 is 16.7 Å². The van der Waals surface area contributed by atoms with E-state index < -0.39 is 0 Å². The maximum atomic E-state index is 12.1. The fraction of sp³-hybridized carbons (Fsp3) is 0.353. The molecule has 0 fully saturated rings. The van der Waals surface area contributed by atoms with Crippen LogP contribution in [0.1, 0.15) is 43.0 Å². The summed E-state index contributed by atoms with van der Waals surface area (Å²) in [6, 6.07) is 11.1. The zero-order valence-corrected chi connectivity index (χ0v) is 11.9. The summed E-state index contributed by atoms with van der Waals surface area (Å²) < 4.78 is 0. The molecule has 106 valence electrons. The molecule has 0 spiro atoms. The zero-order valence-electron chi connectivity index (χ0n) is 11.9. The highest BCUT2D eigenvalue weighted by atomic mass is 16.3. The average Bonchev–Trinajstić information content (AvgIpc) is 2.46. The molecular formula is C17H21NO2. The summed E-state index contributed by atoms with van der Waals surface area (Å²) in [5.74, 6) is -0.167. The van der Waals surface area contributed by atoms with Crippen LogP contribution in [-0.4, -0.2) is 17.6 Å². The number of benzene rings is 2. The summed E-state index contributed by atoms with van der Waals surface area (Å²) in [4.78, 5) is 12.1. The van der Waals surface area contributed by atoms with Gasteiger partial charge >= 0.3 is 0 Å². The van der Waals surface area contributed by atoms with Gasteiger partial charge in [-0.1, -0.05) is 50.5 Å². The van der Waals surface area contributed by atoms with Crippen molar-refractivity contribution in [2.75, 3.05) is 6.54 Å². The van der Waals surface area contributed by atoms with Gasteiger partial charge in [0.25, 0.3) is 5.91 Å². The highest BCUT2D eigenvalue weighted by Gasteiger charge is 2.11. The van der Waals surface area contributed by atoms with Crippen molar-refractivity contribution in [1.82, 2.24) is 5.32 Å². The van der Waals surface area contributed by atoms with Crippen LogP contribution in [0, 0.1) is 0 Å². The standard InChI is InChI=1S/C17H21NO2/c1-2-3-4-7-10-18-17(20)15-11-13-8-5-6-9-14(13)12-16(15)19/h5-6,8-9,11-12,19H,2-4,7,10H2,1H3,(H,18,20). The Morgan fingerprint density at radius 3 is 2.50 bits per heavy atom. The molecule has 0 saturated carbocycles. The minimum atomic E-state index is -0.204. The third-order valence-electron chi connectivity index (χ3n) is 3.42. The second-order valence-corrected chi connectivity index (χ2v) is 5.03. The van der Waals surface area contributed by atoms with Gasteiger partial charge in [-0.05, 0) is 29.3 Å². The Morgan fingerprint density at radius 2 is 1.80 bits per heavy atom. The molecule has 0 aliphatic heterocycles. The van der Waals surface area contributed by atoms with Gasteiger partial charge in [0.2, 0.25) is 0 Å². The highest BCUT2D eigenvalue weighted by molar-refractivity contribution is 6.01. The van der Waals surface area contributed by atoms with Crippen LogP contribution in [0.3, 0.4) is 0 Å². The van der Waals surface area contributed by atoms with Crippen LogP contribution in [0.15, 0.2) is 36.4 Å². The summed E-state index contributed by atoms with van der Waals surface area (Å²) >= 11 is 0. The monoisotopic (exact) mass is 271 g/mol. The predicted octanol–water partition coefficient (Wildman–Crippen LogP) is 3.86. The van der Waals surface area contributed by atoms with Gasteiger partial charge in [-0.25, -0.2) is 0 Å². The van der Waals surface area contributed by atoms with Crippen molar-refractivity contribution < 1.29 is 9.90 Å². The Balaban J connectivity index is 2.04. The second-order valence-electron chi connectivity index (χ2n) is 5.03. The lowest BCUT2D eigenvalue weighted by atomic mass is 10.1. The lowest BCUT2D eigenvalue weighted by molar-refractivity contribution is 0.0950. The molecule has 20 heavy (non-hydrogen) atoms. The van der Waals surface area contributed by atoms with Gasteiger partial charge in [-0.3, -0.25) is 4.79 Å². The van der Waals surface area contributed by atoms with E-state index in [0.29, 0.717) is 12.1 Å². The number of unbranched alkanes of at least 4 members (excludes halogenated alkanes) is 3.